The van der Waals surface area contributed by atoms with Crippen molar-refractivity contribution >= 4 is 49.3 Å². The Labute approximate surface area is 148 Å². The fourth-order valence-electron chi connectivity index (χ4n) is 2.75. The molecule has 112 valence electrons. The molecule has 3 rings (SSSR count). The summed E-state index contributed by atoms with van der Waals surface area (Å²) < 4.78 is 3.62. The Balaban J connectivity index is 2.46. The average molecular weight is 479 g/mol. The molecule has 0 N–H and O–H groups in total. The molecule has 0 unspecified atom stereocenters. The molecule has 2 aromatic carbocycles. The molecule has 1 heterocycles. The second kappa shape index (κ2) is 6.07. The standard InChI is InChI=1S/C16H16BrClIN2/c1-19-21-15-5-4-12(18)8-13(15)14-7-11(17)6-10(16(14)21)9-20(2)3/h4-8H,9H2,1-3H3/q-1. The van der Waals surface area contributed by atoms with Crippen LogP contribution in [-0.2, 0) is 6.54 Å². The summed E-state index contributed by atoms with van der Waals surface area (Å²) in [5, 5.41) is 3.34. The van der Waals surface area contributed by atoms with E-state index < -0.39 is 0 Å². The first-order valence-electron chi connectivity index (χ1n) is 6.58. The van der Waals surface area contributed by atoms with Crippen molar-refractivity contribution in [1.29, 1.82) is 0 Å². The Bertz CT molecular complexity index is 826. The van der Waals surface area contributed by atoms with Gasteiger partial charge in [0.2, 0.25) is 0 Å². The van der Waals surface area contributed by atoms with Crippen LogP contribution in [0.4, 0.5) is 0 Å². The van der Waals surface area contributed by atoms with Crippen molar-refractivity contribution < 1.29 is 21.5 Å². The van der Waals surface area contributed by atoms with E-state index in [4.69, 9.17) is 11.6 Å². The normalized spacial score (nSPS) is 12.1. The molecule has 0 aliphatic carbocycles. The molecule has 21 heavy (non-hydrogen) atoms. The molecule has 2 nitrogen and oxygen atoms in total. The van der Waals surface area contributed by atoms with E-state index >= 15 is 0 Å². The number of nitrogens with zero attached hydrogens (tertiary/aromatic N) is 2. The van der Waals surface area contributed by atoms with Gasteiger partial charge in [-0.3, -0.25) is 0 Å². The summed E-state index contributed by atoms with van der Waals surface area (Å²) >= 11 is 9.79. The molecule has 0 radical (unpaired) electrons. The molecule has 0 amide bonds. The Hall–Kier alpha value is -0.300. The molecule has 0 bridgehead atoms. The van der Waals surface area contributed by atoms with Crippen LogP contribution in [0.1, 0.15) is 5.56 Å². The molecule has 0 spiro atoms. The SMILES string of the molecule is C[I-]n1c2ccc(Cl)cc2c2cc(Br)cc(CN(C)C)c21. The zero-order valence-corrected chi connectivity index (χ0v) is 16.6. The maximum absolute atomic E-state index is 6.22. The van der Waals surface area contributed by atoms with Gasteiger partial charge < -0.3 is 0 Å². The van der Waals surface area contributed by atoms with Crippen LogP contribution in [0.2, 0.25) is 5.02 Å². The van der Waals surface area contributed by atoms with Crippen molar-refractivity contribution in [3.63, 3.8) is 0 Å². The first-order chi connectivity index (χ1) is 10.0. The van der Waals surface area contributed by atoms with Crippen LogP contribution in [-0.4, -0.2) is 26.7 Å². The van der Waals surface area contributed by atoms with Crippen molar-refractivity contribution in [3.8, 4) is 0 Å². The van der Waals surface area contributed by atoms with E-state index in [2.05, 4.69) is 66.9 Å². The Morgan fingerprint density at radius 2 is 1.95 bits per heavy atom. The Morgan fingerprint density at radius 1 is 1.19 bits per heavy atom. The number of rotatable bonds is 3. The van der Waals surface area contributed by atoms with Gasteiger partial charge in [-0.25, -0.2) is 0 Å². The van der Waals surface area contributed by atoms with E-state index in [0.29, 0.717) is 0 Å². The van der Waals surface area contributed by atoms with E-state index in [9.17, 15) is 0 Å². The average Bonchev–Trinajstić information content (AvgIpc) is 2.71. The van der Waals surface area contributed by atoms with Crippen LogP contribution < -0.4 is 21.5 Å². The van der Waals surface area contributed by atoms with E-state index in [1.807, 2.05) is 6.07 Å². The van der Waals surface area contributed by atoms with Crippen LogP contribution >= 0.6 is 27.5 Å². The number of halogens is 3. The van der Waals surface area contributed by atoms with Gasteiger partial charge >= 0.3 is 149 Å². The van der Waals surface area contributed by atoms with Gasteiger partial charge in [0, 0.05) is 0 Å². The van der Waals surface area contributed by atoms with Crippen LogP contribution in [0.25, 0.3) is 21.8 Å². The molecule has 0 saturated carbocycles. The molecule has 0 saturated heterocycles. The summed E-state index contributed by atoms with van der Waals surface area (Å²) in [6.45, 7) is 0.934. The molecule has 3 aromatic rings. The fraction of sp³-hybridized carbons (Fsp3) is 0.250. The van der Waals surface area contributed by atoms with E-state index in [1.165, 1.54) is 27.4 Å². The summed E-state index contributed by atoms with van der Waals surface area (Å²) in [7, 11) is 4.22. The monoisotopic (exact) mass is 477 g/mol. The summed E-state index contributed by atoms with van der Waals surface area (Å²) in [6, 6.07) is 10.7. The first kappa shape index (κ1) is 15.6. The van der Waals surface area contributed by atoms with Crippen LogP contribution in [0.5, 0.6) is 0 Å². The maximum atomic E-state index is 6.22. The van der Waals surface area contributed by atoms with Crippen molar-refractivity contribution in [1.82, 2.24) is 7.68 Å². The van der Waals surface area contributed by atoms with Crippen LogP contribution in [0.3, 0.4) is 0 Å². The van der Waals surface area contributed by atoms with Gasteiger partial charge in [0.15, 0.2) is 0 Å². The van der Waals surface area contributed by atoms with Crippen molar-refractivity contribution in [2.24, 2.45) is 0 Å². The molecule has 0 atom stereocenters. The minimum atomic E-state index is -0.0803. The van der Waals surface area contributed by atoms with Gasteiger partial charge in [0.25, 0.3) is 0 Å². The van der Waals surface area contributed by atoms with Gasteiger partial charge in [0.05, 0.1) is 0 Å². The predicted octanol–water partition coefficient (Wildman–Crippen LogP) is 1.75. The van der Waals surface area contributed by atoms with Gasteiger partial charge in [0.1, 0.15) is 0 Å². The number of fused-ring (bicyclic) bond motifs is 3. The number of aromatic nitrogens is 1. The van der Waals surface area contributed by atoms with Crippen molar-refractivity contribution in [2.75, 3.05) is 19.0 Å². The molecule has 1 aromatic heterocycles. The van der Waals surface area contributed by atoms with Gasteiger partial charge in [-0.15, -0.1) is 0 Å². The third-order valence-corrected chi connectivity index (χ3v) is 6.13. The van der Waals surface area contributed by atoms with Crippen molar-refractivity contribution in [3.05, 3.63) is 45.4 Å². The summed E-state index contributed by atoms with van der Waals surface area (Å²) in [5.41, 5.74) is 4.01. The second-order valence-electron chi connectivity index (χ2n) is 5.31. The van der Waals surface area contributed by atoms with Crippen LogP contribution in [0, 0.1) is 0 Å². The molecule has 5 heteroatoms. The zero-order chi connectivity index (χ0) is 15.1. The topological polar surface area (TPSA) is 8.17 Å². The zero-order valence-electron chi connectivity index (χ0n) is 12.1. The Kier molecular flexibility index (Phi) is 4.50. The van der Waals surface area contributed by atoms with Gasteiger partial charge in [-0.1, -0.05) is 0 Å². The van der Waals surface area contributed by atoms with E-state index in [0.717, 1.165) is 16.0 Å². The first-order valence-corrected chi connectivity index (χ1v) is 10.9. The van der Waals surface area contributed by atoms with E-state index in [-0.39, 0.29) is 21.5 Å². The molecule has 0 fully saturated rings. The third kappa shape index (κ3) is 2.83. The molecule has 0 aliphatic heterocycles. The summed E-state index contributed by atoms with van der Waals surface area (Å²) in [6.07, 6.45) is 0. The van der Waals surface area contributed by atoms with Gasteiger partial charge in [-0.05, 0) is 0 Å². The molecular formula is C16H16BrClIN2-. The fourth-order valence-corrected chi connectivity index (χ4v) is 5.42. The Morgan fingerprint density at radius 3 is 2.62 bits per heavy atom. The van der Waals surface area contributed by atoms with E-state index in [1.54, 1.807) is 0 Å². The number of benzene rings is 2. The number of alkyl halides is 1. The minimum absolute atomic E-state index is 0.0803. The molecular weight excluding hydrogens is 462 g/mol. The summed E-state index contributed by atoms with van der Waals surface area (Å²) in [4.78, 5) is 4.51. The molecule has 0 aliphatic rings. The number of hydrogen-bond acceptors (Lipinski definition) is 1. The van der Waals surface area contributed by atoms with Crippen molar-refractivity contribution in [2.45, 2.75) is 6.54 Å². The predicted molar refractivity (Wildman–Crippen MR) is 90.9 cm³/mol. The second-order valence-corrected chi connectivity index (χ2v) is 8.59. The quantitative estimate of drug-likeness (QED) is 0.412. The van der Waals surface area contributed by atoms with Gasteiger partial charge in [-0.2, -0.15) is 0 Å². The third-order valence-electron chi connectivity index (χ3n) is 3.47. The van der Waals surface area contributed by atoms with Crippen LogP contribution in [0.15, 0.2) is 34.8 Å². The summed E-state index contributed by atoms with van der Waals surface area (Å²) in [5.74, 6) is 0. The number of hydrogen-bond donors (Lipinski definition) is 0.